The van der Waals surface area contributed by atoms with Crippen LogP contribution in [0.15, 0.2) is 47.4 Å². The minimum absolute atomic E-state index is 0. The molecule has 0 aromatic heterocycles. The molecule has 166 valence electrons. The van der Waals surface area contributed by atoms with Crippen molar-refractivity contribution in [1.29, 1.82) is 0 Å². The second kappa shape index (κ2) is 15.4. The fraction of sp³-hybridized carbons (Fsp3) is 0.500. The van der Waals surface area contributed by atoms with Crippen molar-refractivity contribution >= 4 is 10.1 Å². The summed E-state index contributed by atoms with van der Waals surface area (Å²) < 4.78 is 38.7. The topological polar surface area (TPSA) is 86.7 Å². The second-order valence-corrected chi connectivity index (χ2v) is 9.13. The van der Waals surface area contributed by atoms with E-state index in [-0.39, 0.29) is 57.1 Å². The van der Waals surface area contributed by atoms with E-state index in [2.05, 4.69) is 6.92 Å². The number of benzene rings is 2. The Morgan fingerprint density at radius 1 is 0.871 bits per heavy atom. The summed E-state index contributed by atoms with van der Waals surface area (Å²) in [6.45, 7) is 2.22. The van der Waals surface area contributed by atoms with Crippen LogP contribution in [0.2, 0.25) is 0 Å². The molecule has 0 aliphatic carbocycles. The van der Waals surface area contributed by atoms with Gasteiger partial charge >= 0.3 is 51.4 Å². The van der Waals surface area contributed by atoms with Crippen LogP contribution in [-0.4, -0.2) is 13.0 Å². The van der Waals surface area contributed by atoms with E-state index in [4.69, 9.17) is 4.74 Å². The average molecular weight is 473 g/mol. The van der Waals surface area contributed by atoms with Gasteiger partial charge in [-0.05, 0) is 36.6 Å². The largest absolute Gasteiger partial charge is 1.00 e. The zero-order chi connectivity index (χ0) is 21.8. The van der Waals surface area contributed by atoms with Gasteiger partial charge in [-0.25, -0.2) is 0 Å². The molecule has 0 fully saturated rings. The van der Waals surface area contributed by atoms with Crippen molar-refractivity contribution < 1.29 is 74.2 Å². The van der Waals surface area contributed by atoms with Gasteiger partial charge in [0.15, 0.2) is 0 Å². The Morgan fingerprint density at radius 2 is 1.42 bits per heavy atom. The number of aryl methyl sites for hydroxylation is 1. The van der Waals surface area contributed by atoms with Crippen molar-refractivity contribution in [2.24, 2.45) is 0 Å². The van der Waals surface area contributed by atoms with E-state index in [1.807, 2.05) is 0 Å². The first-order chi connectivity index (χ1) is 14.4. The SMILES string of the molecule is CCCCCCCCCCCCc1cc([O-])c(Oc2ccccc2)c(S(=O)(=O)O)c1.[K+]. The molecule has 0 unspecified atom stereocenters. The van der Waals surface area contributed by atoms with Crippen molar-refractivity contribution in [3.8, 4) is 17.2 Å². The predicted molar refractivity (Wildman–Crippen MR) is 118 cm³/mol. The normalized spacial score (nSPS) is 11.2. The summed E-state index contributed by atoms with van der Waals surface area (Å²) in [4.78, 5) is -0.471. The predicted octanol–water partition coefficient (Wildman–Crippen LogP) is 3.27. The van der Waals surface area contributed by atoms with E-state index < -0.39 is 20.8 Å². The molecule has 2 rings (SSSR count). The van der Waals surface area contributed by atoms with Crippen LogP contribution >= 0.6 is 0 Å². The maximum absolute atomic E-state index is 12.5. The Balaban J connectivity index is 0.00000480. The van der Waals surface area contributed by atoms with Crippen LogP contribution in [0.1, 0.15) is 76.7 Å². The van der Waals surface area contributed by atoms with Gasteiger partial charge in [-0.1, -0.05) is 94.7 Å². The summed E-state index contributed by atoms with van der Waals surface area (Å²) in [6.07, 6.45) is 12.6. The average Bonchev–Trinajstić information content (AvgIpc) is 2.71. The van der Waals surface area contributed by atoms with Gasteiger partial charge in [-0.2, -0.15) is 8.42 Å². The Bertz CT molecular complexity index is 869. The van der Waals surface area contributed by atoms with E-state index >= 15 is 0 Å². The van der Waals surface area contributed by atoms with Gasteiger partial charge in [0.05, 0.1) is 0 Å². The van der Waals surface area contributed by atoms with E-state index in [0.29, 0.717) is 17.7 Å². The third kappa shape index (κ3) is 10.8. The molecule has 0 atom stereocenters. The fourth-order valence-electron chi connectivity index (χ4n) is 3.49. The molecule has 0 aliphatic heterocycles. The van der Waals surface area contributed by atoms with Crippen LogP contribution in [0.4, 0.5) is 0 Å². The molecule has 31 heavy (non-hydrogen) atoms. The molecule has 0 aliphatic rings. The van der Waals surface area contributed by atoms with Crippen molar-refractivity contribution in [2.45, 2.75) is 82.4 Å². The molecule has 0 heterocycles. The van der Waals surface area contributed by atoms with Gasteiger partial charge < -0.3 is 9.84 Å². The summed E-state index contributed by atoms with van der Waals surface area (Å²) in [6, 6.07) is 11.2. The van der Waals surface area contributed by atoms with Gasteiger partial charge in [0.25, 0.3) is 10.1 Å². The molecule has 0 spiro atoms. The van der Waals surface area contributed by atoms with Crippen LogP contribution in [0.3, 0.4) is 0 Å². The number of para-hydroxylation sites is 1. The maximum atomic E-state index is 12.5. The molecular weight excluding hydrogens is 439 g/mol. The number of hydrogen-bond acceptors (Lipinski definition) is 4. The summed E-state index contributed by atoms with van der Waals surface area (Å²) in [5, 5.41) is 12.5. The van der Waals surface area contributed by atoms with Gasteiger partial charge in [0, 0.05) is 0 Å². The van der Waals surface area contributed by atoms with Crippen LogP contribution in [0, 0.1) is 0 Å². The van der Waals surface area contributed by atoms with Crippen molar-refractivity contribution in [1.82, 2.24) is 0 Å². The molecule has 0 saturated heterocycles. The zero-order valence-corrected chi connectivity index (χ0v) is 22.7. The minimum atomic E-state index is -4.58. The number of hydrogen-bond donors (Lipinski definition) is 1. The Kier molecular flexibility index (Phi) is 14.2. The smallest absolute Gasteiger partial charge is 0.870 e. The first kappa shape index (κ1) is 28.6. The van der Waals surface area contributed by atoms with Crippen LogP contribution < -0.4 is 61.2 Å². The first-order valence-electron chi connectivity index (χ1n) is 11.0. The Morgan fingerprint density at radius 3 is 1.97 bits per heavy atom. The summed E-state index contributed by atoms with van der Waals surface area (Å²) in [7, 11) is -4.58. The van der Waals surface area contributed by atoms with Gasteiger partial charge in [-0.3, -0.25) is 4.55 Å². The third-order valence-electron chi connectivity index (χ3n) is 5.14. The third-order valence-corrected chi connectivity index (χ3v) is 6.00. The Hall–Kier alpha value is -0.414. The van der Waals surface area contributed by atoms with Crippen molar-refractivity contribution in [3.05, 3.63) is 48.0 Å². The summed E-state index contributed by atoms with van der Waals surface area (Å²) in [5.41, 5.74) is 0.604. The van der Waals surface area contributed by atoms with E-state index in [1.54, 1.807) is 30.3 Å². The maximum Gasteiger partial charge on any atom is 1.00 e. The van der Waals surface area contributed by atoms with E-state index in [9.17, 15) is 18.1 Å². The van der Waals surface area contributed by atoms with E-state index in [0.717, 1.165) is 19.3 Å². The molecule has 0 radical (unpaired) electrons. The molecule has 5 nitrogen and oxygen atoms in total. The van der Waals surface area contributed by atoms with Crippen LogP contribution in [0.5, 0.6) is 17.2 Å². The summed E-state index contributed by atoms with van der Waals surface area (Å²) >= 11 is 0. The van der Waals surface area contributed by atoms with Crippen molar-refractivity contribution in [2.75, 3.05) is 0 Å². The molecule has 0 amide bonds. The van der Waals surface area contributed by atoms with Gasteiger partial charge in [0.1, 0.15) is 16.4 Å². The number of unbranched alkanes of at least 4 members (excludes halogenated alkanes) is 9. The van der Waals surface area contributed by atoms with Gasteiger partial charge in [-0.15, -0.1) is 0 Å². The van der Waals surface area contributed by atoms with Crippen molar-refractivity contribution in [3.63, 3.8) is 0 Å². The Labute approximate surface area is 229 Å². The van der Waals surface area contributed by atoms with E-state index in [1.165, 1.54) is 57.1 Å². The molecule has 0 saturated carbocycles. The molecule has 7 heteroatoms. The second-order valence-electron chi connectivity index (χ2n) is 7.74. The van der Waals surface area contributed by atoms with Gasteiger partial charge in [0.2, 0.25) is 0 Å². The summed E-state index contributed by atoms with van der Waals surface area (Å²) in [5.74, 6) is -0.575. The quantitative estimate of drug-likeness (QED) is 0.259. The molecule has 2 aromatic rings. The van der Waals surface area contributed by atoms with Crippen LogP contribution in [0.25, 0.3) is 0 Å². The number of ether oxygens (including phenoxy) is 1. The first-order valence-corrected chi connectivity index (χ1v) is 12.4. The molecule has 2 aromatic carbocycles. The fourth-order valence-corrected chi connectivity index (χ4v) is 4.17. The zero-order valence-electron chi connectivity index (χ0n) is 18.8. The molecular formula is C24H33KO5S. The molecule has 1 N–H and O–H groups in total. The monoisotopic (exact) mass is 472 g/mol. The molecule has 0 bridgehead atoms. The minimum Gasteiger partial charge on any atom is -0.870 e. The standard InChI is InChI=1S/C24H34O5S.K/c1-2-3-4-5-6-7-8-9-10-12-15-20-18-22(25)24(23(19-20)30(26,27)28)29-21-16-13-11-14-17-21;/h11,13-14,16-19,25H,2-10,12,15H2,1H3,(H,26,27,28);/q;+1/p-1. The van der Waals surface area contributed by atoms with Crippen LogP contribution in [-0.2, 0) is 16.5 Å². The number of rotatable bonds is 14.